The van der Waals surface area contributed by atoms with Gasteiger partial charge in [0.2, 0.25) is 12.7 Å². The van der Waals surface area contributed by atoms with Crippen molar-refractivity contribution in [2.75, 3.05) is 13.1 Å². The molecule has 12 heteroatoms. The molecule has 2 aliphatic heterocycles. The molecule has 3 N–H and O–H groups in total. The van der Waals surface area contributed by atoms with E-state index in [0.29, 0.717) is 37.2 Å². The molecule has 1 aromatic rings. The second kappa shape index (κ2) is 17.7. The fraction of sp³-hybridized carbons (Fsp3) is 0.519. The summed E-state index contributed by atoms with van der Waals surface area (Å²) in [5, 5.41) is 21.7. The van der Waals surface area contributed by atoms with Crippen LogP contribution in [0.4, 0.5) is 0 Å². The average Bonchev–Trinajstić information content (AvgIpc) is 3.24. The molecule has 0 aliphatic carbocycles. The minimum absolute atomic E-state index is 0.000724. The van der Waals surface area contributed by atoms with Crippen LogP contribution >= 0.6 is 0 Å². The van der Waals surface area contributed by atoms with Crippen LogP contribution < -0.4 is 10.1 Å². The van der Waals surface area contributed by atoms with Crippen molar-refractivity contribution in [1.82, 2.24) is 10.2 Å². The van der Waals surface area contributed by atoms with Crippen LogP contribution in [0, 0.1) is 0 Å². The fourth-order valence-corrected chi connectivity index (χ4v) is 3.60. The molecule has 0 spiro atoms. The van der Waals surface area contributed by atoms with Gasteiger partial charge in [-0.05, 0) is 31.4 Å². The van der Waals surface area contributed by atoms with Crippen molar-refractivity contribution < 1.29 is 48.4 Å². The Morgan fingerprint density at radius 1 is 1.18 bits per heavy atom. The number of amides is 3. The van der Waals surface area contributed by atoms with Gasteiger partial charge in [0.1, 0.15) is 12.4 Å². The maximum absolute atomic E-state index is 11.2. The number of hydrogen-bond donors (Lipinski definition) is 3. The molecular formula is C27H38N2O10. The number of esters is 1. The van der Waals surface area contributed by atoms with Crippen LogP contribution in [0.2, 0.25) is 0 Å². The summed E-state index contributed by atoms with van der Waals surface area (Å²) in [6, 6.07) is 5.39. The second-order valence-corrected chi connectivity index (χ2v) is 8.29. The Kier molecular flexibility index (Phi) is 15.1. The number of carboxylic acids is 1. The van der Waals surface area contributed by atoms with Crippen molar-refractivity contribution in [2.24, 2.45) is 0 Å². The van der Waals surface area contributed by atoms with Gasteiger partial charge in [-0.25, -0.2) is 4.79 Å². The van der Waals surface area contributed by atoms with Gasteiger partial charge in [0, 0.05) is 50.6 Å². The number of aryl methyl sites for hydroxylation is 1. The van der Waals surface area contributed by atoms with E-state index in [2.05, 4.69) is 5.32 Å². The number of carbonyl (C=O) groups is 5. The minimum atomic E-state index is -1.16. The van der Waals surface area contributed by atoms with Crippen LogP contribution in [0.3, 0.4) is 0 Å². The molecule has 3 atom stereocenters. The van der Waals surface area contributed by atoms with Gasteiger partial charge in [-0.1, -0.05) is 26.0 Å². The van der Waals surface area contributed by atoms with Crippen LogP contribution in [0.25, 0.3) is 0 Å². The van der Waals surface area contributed by atoms with E-state index in [1.54, 1.807) is 19.1 Å². The number of aliphatic hydroxyl groups is 1. The summed E-state index contributed by atoms with van der Waals surface area (Å²) in [7, 11) is 0. The molecule has 2 aliphatic rings. The molecule has 2 heterocycles. The number of aliphatic carboxylic acids is 1. The monoisotopic (exact) mass is 550 g/mol. The predicted molar refractivity (Wildman–Crippen MR) is 139 cm³/mol. The Morgan fingerprint density at radius 3 is 2.38 bits per heavy atom. The molecule has 3 rings (SSSR count). The lowest BCUT2D eigenvalue weighted by atomic mass is 10.0. The molecule has 3 unspecified atom stereocenters. The zero-order chi connectivity index (χ0) is 29.4. The van der Waals surface area contributed by atoms with Crippen molar-refractivity contribution in [3.63, 3.8) is 0 Å². The first-order valence-electron chi connectivity index (χ1n) is 12.8. The highest BCUT2D eigenvalue weighted by Gasteiger charge is 2.34. The number of ether oxygens (including phenoxy) is 3. The average molecular weight is 551 g/mol. The number of nitrogens with zero attached hydrogens (tertiary/aromatic N) is 1. The van der Waals surface area contributed by atoms with Crippen LogP contribution in [0.1, 0.15) is 58.1 Å². The van der Waals surface area contributed by atoms with Gasteiger partial charge in [0.25, 0.3) is 11.8 Å². The Bertz CT molecular complexity index is 992. The molecule has 1 aromatic carbocycles. The van der Waals surface area contributed by atoms with Gasteiger partial charge < -0.3 is 29.7 Å². The first-order valence-corrected chi connectivity index (χ1v) is 12.8. The number of carboxylic acid groups (broad SMARTS) is 1. The summed E-state index contributed by atoms with van der Waals surface area (Å²) >= 11 is 0. The fourth-order valence-electron chi connectivity index (χ4n) is 3.60. The Labute approximate surface area is 227 Å². The molecule has 1 saturated heterocycles. The number of imide groups is 1. The van der Waals surface area contributed by atoms with Gasteiger partial charge >= 0.3 is 11.9 Å². The summed E-state index contributed by atoms with van der Waals surface area (Å²) < 4.78 is 16.3. The normalized spacial score (nSPS) is 19.7. The van der Waals surface area contributed by atoms with Gasteiger partial charge in [0.15, 0.2) is 6.10 Å². The van der Waals surface area contributed by atoms with Gasteiger partial charge in [-0.2, -0.15) is 0 Å². The molecular weight excluding hydrogens is 512 g/mol. The number of nitrogens with one attached hydrogen (secondary N) is 1. The molecule has 216 valence electrons. The molecule has 0 bridgehead atoms. The highest BCUT2D eigenvalue weighted by Crippen LogP contribution is 2.28. The molecule has 39 heavy (non-hydrogen) atoms. The number of benzene rings is 1. The first-order chi connectivity index (χ1) is 18.6. The third-order valence-corrected chi connectivity index (χ3v) is 5.45. The largest absolute Gasteiger partial charge is 0.479 e. The first kappa shape index (κ1) is 33.3. The molecule has 1 fully saturated rings. The van der Waals surface area contributed by atoms with E-state index in [1.807, 2.05) is 19.9 Å². The number of aliphatic hydroxyl groups excluding tert-OH is 1. The van der Waals surface area contributed by atoms with Crippen molar-refractivity contribution in [3.8, 4) is 5.75 Å². The van der Waals surface area contributed by atoms with Crippen molar-refractivity contribution in [2.45, 2.75) is 78.5 Å². The summed E-state index contributed by atoms with van der Waals surface area (Å²) in [5.74, 6) is -1.62. The summed E-state index contributed by atoms with van der Waals surface area (Å²) in [5.41, 5.74) is 1.53. The van der Waals surface area contributed by atoms with Gasteiger partial charge in [-0.3, -0.25) is 24.1 Å². The molecule has 3 amide bonds. The third kappa shape index (κ3) is 11.7. The Balaban J connectivity index is 0.000000578. The van der Waals surface area contributed by atoms with E-state index < -0.39 is 30.4 Å². The lowest BCUT2D eigenvalue weighted by Crippen LogP contribution is -2.42. The highest BCUT2D eigenvalue weighted by atomic mass is 16.7. The standard InChI is InChI=1S/C19H25NO8.C6H7NO2.C2H6/c1-12(22)26-10-14-5-4-13(3-2-6-20-11-21)7-16(14)27-18-9-15(23)8-17(28-18)19(24)25;1-2-7-5(8)3-4-6(7)9;1-2/h4-5,7,11,15,17-18,23H,2-3,6,8-10H2,1H3,(H,20,21)(H,24,25);3-4H,2H2,1H3;1-2H3. The van der Waals surface area contributed by atoms with Crippen LogP contribution in [-0.2, 0) is 46.5 Å². The molecule has 0 saturated carbocycles. The molecule has 12 nitrogen and oxygen atoms in total. The lowest BCUT2D eigenvalue weighted by molar-refractivity contribution is -0.195. The van der Waals surface area contributed by atoms with Crippen LogP contribution in [0.5, 0.6) is 5.75 Å². The Hall–Kier alpha value is -3.77. The van der Waals surface area contributed by atoms with E-state index in [4.69, 9.17) is 19.3 Å². The van der Waals surface area contributed by atoms with Crippen molar-refractivity contribution >= 4 is 30.2 Å². The van der Waals surface area contributed by atoms with E-state index in [9.17, 15) is 29.1 Å². The zero-order valence-electron chi connectivity index (χ0n) is 22.8. The van der Waals surface area contributed by atoms with Crippen LogP contribution in [-0.4, -0.2) is 76.9 Å². The lowest BCUT2D eigenvalue weighted by Gasteiger charge is -2.31. The van der Waals surface area contributed by atoms with E-state index in [-0.39, 0.29) is 31.3 Å². The summed E-state index contributed by atoms with van der Waals surface area (Å²) in [6.45, 7) is 8.06. The summed E-state index contributed by atoms with van der Waals surface area (Å²) in [4.78, 5) is 55.1. The van der Waals surface area contributed by atoms with E-state index in [0.717, 1.165) is 12.0 Å². The maximum Gasteiger partial charge on any atom is 0.333 e. The van der Waals surface area contributed by atoms with E-state index in [1.165, 1.54) is 24.0 Å². The Morgan fingerprint density at radius 2 is 1.85 bits per heavy atom. The number of hydrogen-bond acceptors (Lipinski definition) is 9. The smallest absolute Gasteiger partial charge is 0.333 e. The van der Waals surface area contributed by atoms with Gasteiger partial charge in [0.05, 0.1) is 6.10 Å². The predicted octanol–water partition coefficient (Wildman–Crippen LogP) is 1.72. The number of likely N-dealkylation sites (N-methyl/N-ethyl adjacent to an activating group) is 1. The highest BCUT2D eigenvalue weighted by molar-refractivity contribution is 6.12. The quantitative estimate of drug-likeness (QED) is 0.160. The molecule has 0 radical (unpaired) electrons. The van der Waals surface area contributed by atoms with E-state index >= 15 is 0 Å². The summed E-state index contributed by atoms with van der Waals surface area (Å²) in [6.07, 6.45) is 1.80. The maximum atomic E-state index is 11.2. The van der Waals surface area contributed by atoms with Crippen LogP contribution in [0.15, 0.2) is 30.4 Å². The van der Waals surface area contributed by atoms with Crippen molar-refractivity contribution in [1.29, 1.82) is 0 Å². The van der Waals surface area contributed by atoms with Crippen molar-refractivity contribution in [3.05, 3.63) is 41.5 Å². The number of carbonyl (C=O) groups excluding carboxylic acids is 4. The topological polar surface area (TPSA) is 169 Å². The molecule has 0 aromatic heterocycles. The SMILES string of the molecule is CC.CC(=O)OCc1ccc(CCCNC=O)cc1OC1CC(O)CC(C(=O)O)O1.CCN1C(=O)C=CC1=O. The third-order valence-electron chi connectivity index (χ3n) is 5.45. The minimum Gasteiger partial charge on any atom is -0.479 e. The second-order valence-electron chi connectivity index (χ2n) is 8.29. The number of rotatable bonds is 11. The van der Waals surface area contributed by atoms with Gasteiger partial charge in [-0.15, -0.1) is 0 Å². The zero-order valence-corrected chi connectivity index (χ0v) is 22.8.